The van der Waals surface area contributed by atoms with E-state index in [0.29, 0.717) is 11.8 Å². The van der Waals surface area contributed by atoms with Crippen LogP contribution in [0, 0.1) is 34.0 Å². The van der Waals surface area contributed by atoms with Crippen LogP contribution in [0.15, 0.2) is 36.1 Å². The molecule has 0 heterocycles. The van der Waals surface area contributed by atoms with Crippen LogP contribution in [0.5, 0.6) is 0 Å². The van der Waals surface area contributed by atoms with Crippen molar-refractivity contribution in [2.75, 3.05) is 0 Å². The predicted molar refractivity (Wildman–Crippen MR) is 109 cm³/mol. The molecule has 0 aromatic carbocycles. The van der Waals surface area contributed by atoms with Crippen LogP contribution in [0.2, 0.25) is 0 Å². The Bertz CT molecular complexity index is 547. The Kier molecular flexibility index (Phi) is 8.00. The van der Waals surface area contributed by atoms with Gasteiger partial charge in [0, 0.05) is 0 Å². The minimum Gasteiger partial charge on any atom is -0.405 e. The number of nitrogens with two attached hydrogens (primary N) is 1. The van der Waals surface area contributed by atoms with E-state index >= 15 is 0 Å². The lowest BCUT2D eigenvalue weighted by atomic mass is 9.63. The number of nitriles is 1. The van der Waals surface area contributed by atoms with Gasteiger partial charge in [0.25, 0.3) is 0 Å². The smallest absolute Gasteiger partial charge is 0.0692 e. The fourth-order valence-corrected chi connectivity index (χ4v) is 3.98. The van der Waals surface area contributed by atoms with Crippen molar-refractivity contribution < 1.29 is 0 Å². The molecule has 0 amide bonds. The lowest BCUT2D eigenvalue weighted by Crippen LogP contribution is -2.33. The molecule has 0 bridgehead atoms. The van der Waals surface area contributed by atoms with E-state index in [1.807, 2.05) is 6.08 Å². The molecule has 2 N–H and O–H groups in total. The maximum Gasteiger partial charge on any atom is 0.0692 e. The first-order valence-electron chi connectivity index (χ1n) is 9.85. The molecule has 0 aliphatic heterocycles. The van der Waals surface area contributed by atoms with Gasteiger partial charge in [-0.15, -0.1) is 0 Å². The molecule has 1 aliphatic rings. The van der Waals surface area contributed by atoms with Crippen LogP contribution in [-0.2, 0) is 0 Å². The molecule has 1 saturated carbocycles. The molecular formula is C23H38N2. The number of hydrogen-bond donors (Lipinski definition) is 1. The molecule has 140 valence electrons. The monoisotopic (exact) mass is 342 g/mol. The summed E-state index contributed by atoms with van der Waals surface area (Å²) in [7, 11) is 0. The number of rotatable bonds is 8. The van der Waals surface area contributed by atoms with E-state index in [1.165, 1.54) is 24.0 Å². The third kappa shape index (κ3) is 5.77. The molecule has 0 spiro atoms. The van der Waals surface area contributed by atoms with Gasteiger partial charge in [0.2, 0.25) is 0 Å². The molecule has 0 aromatic rings. The van der Waals surface area contributed by atoms with Crippen molar-refractivity contribution in [2.45, 2.75) is 79.6 Å². The molecule has 3 atom stereocenters. The maximum atomic E-state index is 9.83. The first-order chi connectivity index (χ1) is 11.7. The van der Waals surface area contributed by atoms with Crippen LogP contribution in [0.1, 0.15) is 79.6 Å². The molecule has 1 rings (SSSR count). The molecule has 2 heteroatoms. The summed E-state index contributed by atoms with van der Waals surface area (Å²) in [6.45, 7) is 15.1. The Labute approximate surface area is 155 Å². The SMILES string of the molecule is C=C(C)C(C)(C)CC(/C=C\N)=C/CC1CCCC(C#N)(C(C)CC)C1. The maximum absolute atomic E-state index is 9.83. The van der Waals surface area contributed by atoms with Gasteiger partial charge in [0.05, 0.1) is 11.5 Å². The van der Waals surface area contributed by atoms with E-state index < -0.39 is 0 Å². The van der Waals surface area contributed by atoms with Gasteiger partial charge in [-0.3, -0.25) is 0 Å². The average Bonchev–Trinajstić information content (AvgIpc) is 2.58. The summed E-state index contributed by atoms with van der Waals surface area (Å²) >= 11 is 0. The summed E-state index contributed by atoms with van der Waals surface area (Å²) in [6.07, 6.45) is 13.6. The number of hydrogen-bond acceptors (Lipinski definition) is 2. The average molecular weight is 343 g/mol. The van der Waals surface area contributed by atoms with Crippen molar-refractivity contribution in [1.29, 1.82) is 5.26 Å². The van der Waals surface area contributed by atoms with Crippen molar-refractivity contribution >= 4 is 0 Å². The van der Waals surface area contributed by atoms with Gasteiger partial charge < -0.3 is 5.73 Å². The van der Waals surface area contributed by atoms with Crippen molar-refractivity contribution in [3.63, 3.8) is 0 Å². The summed E-state index contributed by atoms with van der Waals surface area (Å²) < 4.78 is 0. The Balaban J connectivity index is 2.86. The Morgan fingerprint density at radius 3 is 2.68 bits per heavy atom. The topological polar surface area (TPSA) is 49.8 Å². The molecule has 3 unspecified atom stereocenters. The van der Waals surface area contributed by atoms with Gasteiger partial charge in [-0.2, -0.15) is 5.26 Å². The van der Waals surface area contributed by atoms with Crippen LogP contribution in [-0.4, -0.2) is 0 Å². The molecule has 0 aromatic heterocycles. The molecule has 0 radical (unpaired) electrons. The molecule has 2 nitrogen and oxygen atoms in total. The van der Waals surface area contributed by atoms with Crippen molar-refractivity contribution in [1.82, 2.24) is 0 Å². The highest BCUT2D eigenvalue weighted by Gasteiger charge is 2.40. The Hall–Kier alpha value is -1.49. The molecule has 1 aliphatic carbocycles. The minimum atomic E-state index is -0.119. The van der Waals surface area contributed by atoms with E-state index in [-0.39, 0.29) is 10.8 Å². The van der Waals surface area contributed by atoms with E-state index in [9.17, 15) is 5.26 Å². The lowest BCUT2D eigenvalue weighted by Gasteiger charge is -2.39. The van der Waals surface area contributed by atoms with Gasteiger partial charge in [0.1, 0.15) is 0 Å². The van der Waals surface area contributed by atoms with E-state index in [0.717, 1.165) is 32.1 Å². The van der Waals surface area contributed by atoms with Crippen molar-refractivity contribution in [2.24, 2.45) is 28.4 Å². The van der Waals surface area contributed by atoms with Gasteiger partial charge in [-0.1, -0.05) is 65.2 Å². The van der Waals surface area contributed by atoms with E-state index in [1.54, 1.807) is 6.20 Å². The third-order valence-corrected chi connectivity index (χ3v) is 6.49. The highest BCUT2D eigenvalue weighted by molar-refractivity contribution is 5.23. The van der Waals surface area contributed by atoms with Gasteiger partial charge in [0.15, 0.2) is 0 Å². The van der Waals surface area contributed by atoms with E-state index in [2.05, 4.69) is 53.3 Å². The highest BCUT2D eigenvalue weighted by Crippen LogP contribution is 2.46. The predicted octanol–water partition coefficient (Wildman–Crippen LogP) is 6.51. The Morgan fingerprint density at radius 1 is 1.48 bits per heavy atom. The summed E-state index contributed by atoms with van der Waals surface area (Å²) in [6, 6.07) is 2.70. The molecule has 0 saturated heterocycles. The number of allylic oxidation sites excluding steroid dienone is 4. The van der Waals surface area contributed by atoms with Crippen molar-refractivity contribution in [3.8, 4) is 6.07 Å². The second kappa shape index (κ2) is 9.27. The van der Waals surface area contributed by atoms with Crippen LogP contribution < -0.4 is 5.73 Å². The fourth-order valence-electron chi connectivity index (χ4n) is 3.98. The number of nitrogens with zero attached hydrogens (tertiary/aromatic N) is 1. The zero-order valence-corrected chi connectivity index (χ0v) is 17.1. The standard InChI is InChI=1S/C23H38N2/c1-7-19(4)23(17-25)13-8-9-20(16-23)10-11-21(12-14-24)15-22(5,6)18(2)3/h11-12,14,19-20H,2,7-10,13,15-16,24H2,1,3-6H3/b14-12-,21-11+. The first kappa shape index (κ1) is 21.6. The van der Waals surface area contributed by atoms with E-state index in [4.69, 9.17) is 5.73 Å². The summed E-state index contributed by atoms with van der Waals surface area (Å²) in [5.74, 6) is 1.09. The largest absolute Gasteiger partial charge is 0.405 e. The normalized spacial score (nSPS) is 26.4. The van der Waals surface area contributed by atoms with Crippen LogP contribution in [0.3, 0.4) is 0 Å². The Morgan fingerprint density at radius 2 is 2.16 bits per heavy atom. The first-order valence-corrected chi connectivity index (χ1v) is 9.85. The lowest BCUT2D eigenvalue weighted by molar-refractivity contribution is 0.130. The quantitative estimate of drug-likeness (QED) is 0.403. The zero-order chi connectivity index (χ0) is 19.1. The second-order valence-corrected chi connectivity index (χ2v) is 8.75. The zero-order valence-electron chi connectivity index (χ0n) is 17.1. The minimum absolute atomic E-state index is 0.0744. The van der Waals surface area contributed by atoms with Crippen molar-refractivity contribution in [3.05, 3.63) is 36.1 Å². The second-order valence-electron chi connectivity index (χ2n) is 8.75. The summed E-state index contributed by atoms with van der Waals surface area (Å²) in [5, 5.41) is 9.83. The van der Waals surface area contributed by atoms with Gasteiger partial charge in [-0.25, -0.2) is 0 Å². The molecule has 1 fully saturated rings. The van der Waals surface area contributed by atoms with Crippen LogP contribution in [0.25, 0.3) is 0 Å². The van der Waals surface area contributed by atoms with Crippen LogP contribution >= 0.6 is 0 Å². The summed E-state index contributed by atoms with van der Waals surface area (Å²) in [5.41, 5.74) is 8.10. The summed E-state index contributed by atoms with van der Waals surface area (Å²) in [4.78, 5) is 0. The fraction of sp³-hybridized carbons (Fsp3) is 0.696. The van der Waals surface area contributed by atoms with Crippen LogP contribution in [0.4, 0.5) is 0 Å². The molecule has 25 heavy (non-hydrogen) atoms. The molecular weight excluding hydrogens is 304 g/mol. The van der Waals surface area contributed by atoms with Gasteiger partial charge >= 0.3 is 0 Å². The van der Waals surface area contributed by atoms with Gasteiger partial charge in [-0.05, 0) is 67.7 Å². The highest BCUT2D eigenvalue weighted by atomic mass is 14.5. The third-order valence-electron chi connectivity index (χ3n) is 6.49.